The van der Waals surface area contributed by atoms with Crippen molar-refractivity contribution in [3.05, 3.63) is 39.2 Å². The van der Waals surface area contributed by atoms with Crippen molar-refractivity contribution < 1.29 is 4.39 Å². The van der Waals surface area contributed by atoms with E-state index in [2.05, 4.69) is 36.8 Å². The molecule has 0 aliphatic rings. The van der Waals surface area contributed by atoms with Crippen LogP contribution in [0.3, 0.4) is 0 Å². The molecule has 4 heteroatoms. The number of pyridine rings is 1. The van der Waals surface area contributed by atoms with Crippen molar-refractivity contribution in [1.29, 1.82) is 0 Å². The quantitative estimate of drug-likeness (QED) is 0.719. The third-order valence-corrected chi connectivity index (χ3v) is 3.71. The second-order valence-corrected chi connectivity index (χ2v) is 4.23. The van der Waals surface area contributed by atoms with Crippen molar-refractivity contribution in [1.82, 2.24) is 4.98 Å². The van der Waals surface area contributed by atoms with Gasteiger partial charge in [-0.1, -0.05) is 0 Å². The maximum absolute atomic E-state index is 12.8. The van der Waals surface area contributed by atoms with Gasteiger partial charge >= 0.3 is 0 Å². The molecule has 0 unspecified atom stereocenters. The minimum absolute atomic E-state index is 0.269. The average molecular weight is 305 g/mol. The minimum atomic E-state index is -0.269. The number of hydrogen-bond donors (Lipinski definition) is 0. The first-order valence-corrected chi connectivity index (χ1v) is 5.16. The summed E-state index contributed by atoms with van der Waals surface area (Å²) in [4.78, 5) is 4.09. The lowest BCUT2D eigenvalue weighted by Gasteiger charge is -2.01. The van der Waals surface area contributed by atoms with Gasteiger partial charge in [-0.2, -0.15) is 0 Å². The average Bonchev–Trinajstić information content (AvgIpc) is 2.12. The number of halogens is 3. The molecule has 0 fully saturated rings. The van der Waals surface area contributed by atoms with E-state index in [-0.39, 0.29) is 5.82 Å². The first kappa shape index (κ1) is 9.09. The Kier molecular flexibility index (Phi) is 2.34. The lowest BCUT2D eigenvalue weighted by molar-refractivity contribution is 0.629. The van der Waals surface area contributed by atoms with Gasteiger partial charge in [0.05, 0.1) is 9.99 Å². The van der Waals surface area contributed by atoms with Crippen LogP contribution >= 0.6 is 31.9 Å². The smallest absolute Gasteiger partial charge is 0.125 e. The Bertz CT molecular complexity index is 470. The van der Waals surface area contributed by atoms with Crippen LogP contribution in [0.2, 0.25) is 0 Å². The van der Waals surface area contributed by atoms with Crippen LogP contribution in [0, 0.1) is 5.82 Å². The lowest BCUT2D eigenvalue weighted by Crippen LogP contribution is -1.83. The number of nitrogens with zero attached hydrogens (tertiary/aromatic N) is 1. The zero-order chi connectivity index (χ0) is 9.42. The second-order valence-electron chi connectivity index (χ2n) is 2.58. The third kappa shape index (κ3) is 1.60. The van der Waals surface area contributed by atoms with Crippen LogP contribution in [0.1, 0.15) is 0 Å². The van der Waals surface area contributed by atoms with Crippen LogP contribution in [0.5, 0.6) is 0 Å². The molecule has 0 radical (unpaired) electrons. The Labute approximate surface area is 91.2 Å². The van der Waals surface area contributed by atoms with E-state index in [0.29, 0.717) is 5.52 Å². The fourth-order valence-corrected chi connectivity index (χ4v) is 1.86. The van der Waals surface area contributed by atoms with Crippen molar-refractivity contribution in [3.63, 3.8) is 0 Å². The maximum atomic E-state index is 12.8. The van der Waals surface area contributed by atoms with E-state index in [9.17, 15) is 4.39 Å². The molecule has 1 heterocycles. The van der Waals surface area contributed by atoms with Gasteiger partial charge in [0.2, 0.25) is 0 Å². The van der Waals surface area contributed by atoms with Crippen LogP contribution in [0.4, 0.5) is 4.39 Å². The molecule has 0 saturated carbocycles. The van der Waals surface area contributed by atoms with E-state index in [0.717, 1.165) is 14.3 Å². The molecular weight excluding hydrogens is 301 g/mol. The van der Waals surface area contributed by atoms with Gasteiger partial charge in [0.1, 0.15) is 5.82 Å². The molecule has 1 aromatic heterocycles. The molecular formula is C9H4Br2FN. The first-order valence-electron chi connectivity index (χ1n) is 3.58. The fraction of sp³-hybridized carbons (Fsp3) is 0. The summed E-state index contributed by atoms with van der Waals surface area (Å²) in [6, 6.07) is 4.53. The Morgan fingerprint density at radius 2 is 2.00 bits per heavy atom. The summed E-state index contributed by atoms with van der Waals surface area (Å²) in [5.41, 5.74) is 0.648. The van der Waals surface area contributed by atoms with Crippen molar-refractivity contribution in [2.24, 2.45) is 0 Å². The summed E-state index contributed by atoms with van der Waals surface area (Å²) < 4.78 is 14.6. The predicted octanol–water partition coefficient (Wildman–Crippen LogP) is 3.90. The SMILES string of the molecule is Fc1ccc2c(Br)c(Br)cnc2c1. The Hall–Kier alpha value is -0.480. The van der Waals surface area contributed by atoms with Gasteiger partial charge in [-0.15, -0.1) is 0 Å². The van der Waals surface area contributed by atoms with Crippen molar-refractivity contribution in [3.8, 4) is 0 Å². The number of benzene rings is 1. The van der Waals surface area contributed by atoms with Gasteiger partial charge in [-0.05, 0) is 44.0 Å². The minimum Gasteiger partial charge on any atom is -0.255 e. The van der Waals surface area contributed by atoms with E-state index in [1.807, 2.05) is 0 Å². The summed E-state index contributed by atoms with van der Waals surface area (Å²) >= 11 is 6.73. The van der Waals surface area contributed by atoms with E-state index in [1.54, 1.807) is 12.3 Å². The summed E-state index contributed by atoms with van der Waals surface area (Å²) in [5.74, 6) is -0.269. The summed E-state index contributed by atoms with van der Waals surface area (Å²) in [7, 11) is 0. The van der Waals surface area contributed by atoms with Gasteiger partial charge in [0.15, 0.2) is 0 Å². The van der Waals surface area contributed by atoms with E-state index >= 15 is 0 Å². The molecule has 66 valence electrons. The number of fused-ring (bicyclic) bond motifs is 1. The normalized spacial score (nSPS) is 10.7. The molecule has 0 atom stereocenters. The molecule has 0 spiro atoms. The molecule has 0 saturated heterocycles. The summed E-state index contributed by atoms with van der Waals surface area (Å²) in [6.07, 6.45) is 1.64. The van der Waals surface area contributed by atoms with E-state index < -0.39 is 0 Å². The molecule has 0 bridgehead atoms. The molecule has 2 aromatic rings. The molecule has 13 heavy (non-hydrogen) atoms. The largest absolute Gasteiger partial charge is 0.255 e. The molecule has 0 aliphatic heterocycles. The zero-order valence-electron chi connectivity index (χ0n) is 6.39. The third-order valence-electron chi connectivity index (χ3n) is 1.72. The van der Waals surface area contributed by atoms with Crippen molar-refractivity contribution in [2.75, 3.05) is 0 Å². The molecule has 2 rings (SSSR count). The van der Waals surface area contributed by atoms with Crippen molar-refractivity contribution in [2.45, 2.75) is 0 Å². The van der Waals surface area contributed by atoms with Crippen LogP contribution in [-0.2, 0) is 0 Å². The topological polar surface area (TPSA) is 12.9 Å². The van der Waals surface area contributed by atoms with Gasteiger partial charge in [-0.25, -0.2) is 4.39 Å². The Morgan fingerprint density at radius 3 is 2.77 bits per heavy atom. The Morgan fingerprint density at radius 1 is 1.23 bits per heavy atom. The predicted molar refractivity (Wildman–Crippen MR) is 57.1 cm³/mol. The van der Waals surface area contributed by atoms with E-state index in [1.165, 1.54) is 12.1 Å². The maximum Gasteiger partial charge on any atom is 0.125 e. The highest BCUT2D eigenvalue weighted by Crippen LogP contribution is 2.29. The molecule has 0 aliphatic carbocycles. The number of rotatable bonds is 0. The summed E-state index contributed by atoms with van der Waals surface area (Å²) in [6.45, 7) is 0. The monoisotopic (exact) mass is 303 g/mol. The molecule has 1 nitrogen and oxygen atoms in total. The highest BCUT2D eigenvalue weighted by Gasteiger charge is 2.04. The Balaban J connectivity index is 2.87. The van der Waals surface area contributed by atoms with Gasteiger partial charge < -0.3 is 0 Å². The first-order chi connectivity index (χ1) is 6.18. The van der Waals surface area contributed by atoms with Gasteiger partial charge in [-0.3, -0.25) is 4.98 Å². The van der Waals surface area contributed by atoms with Crippen LogP contribution in [0.25, 0.3) is 10.9 Å². The lowest BCUT2D eigenvalue weighted by atomic mass is 10.2. The molecule has 0 amide bonds. The van der Waals surface area contributed by atoms with Crippen molar-refractivity contribution >= 4 is 42.8 Å². The summed E-state index contributed by atoms with van der Waals surface area (Å²) in [5, 5.41) is 0.899. The standard InChI is InChI=1S/C9H4Br2FN/c10-7-4-13-8-3-5(12)1-2-6(8)9(7)11/h1-4H. The second kappa shape index (κ2) is 3.35. The highest BCUT2D eigenvalue weighted by atomic mass is 79.9. The zero-order valence-corrected chi connectivity index (χ0v) is 9.56. The van der Waals surface area contributed by atoms with Gasteiger partial charge in [0, 0.05) is 22.1 Å². The van der Waals surface area contributed by atoms with Crippen LogP contribution < -0.4 is 0 Å². The van der Waals surface area contributed by atoms with Gasteiger partial charge in [0.25, 0.3) is 0 Å². The highest BCUT2D eigenvalue weighted by molar-refractivity contribution is 9.13. The number of aromatic nitrogens is 1. The van der Waals surface area contributed by atoms with Crippen LogP contribution in [-0.4, -0.2) is 4.98 Å². The number of hydrogen-bond acceptors (Lipinski definition) is 1. The molecule has 0 N–H and O–H groups in total. The van der Waals surface area contributed by atoms with Crippen LogP contribution in [0.15, 0.2) is 33.3 Å². The fourth-order valence-electron chi connectivity index (χ4n) is 1.11. The molecule has 1 aromatic carbocycles. The van der Waals surface area contributed by atoms with E-state index in [4.69, 9.17) is 0 Å².